The molecule has 4 nitrogen and oxygen atoms in total. The predicted octanol–water partition coefficient (Wildman–Crippen LogP) is 7.08. The summed E-state index contributed by atoms with van der Waals surface area (Å²) in [4.78, 5) is 28.0. The Kier molecular flexibility index (Phi) is 5.64. The van der Waals surface area contributed by atoms with Gasteiger partial charge >= 0.3 is 0 Å². The van der Waals surface area contributed by atoms with Crippen molar-refractivity contribution in [2.45, 2.75) is 13.0 Å². The SMILES string of the molecule is Cc1cccc(C2/C(=C(/O)c3ccc4ccccc4c3)C(=O)C(=O)N2c2cc(Cl)cc(Cl)c2)c1. The molecule has 1 heterocycles. The molecule has 0 aromatic heterocycles. The normalized spacial score (nSPS) is 17.5. The molecule has 1 unspecified atom stereocenters. The number of ketones is 1. The van der Waals surface area contributed by atoms with Gasteiger partial charge in [0, 0.05) is 21.3 Å². The fourth-order valence-electron chi connectivity index (χ4n) is 4.42. The van der Waals surface area contributed by atoms with E-state index < -0.39 is 17.7 Å². The number of nitrogens with zero attached hydrogens (tertiary/aromatic N) is 1. The maximum Gasteiger partial charge on any atom is 0.300 e. The largest absolute Gasteiger partial charge is 0.507 e. The molecule has 4 aromatic carbocycles. The van der Waals surface area contributed by atoms with E-state index in [4.69, 9.17) is 23.2 Å². The Bertz CT molecular complexity index is 1490. The van der Waals surface area contributed by atoms with Crippen LogP contribution in [0.3, 0.4) is 0 Å². The van der Waals surface area contributed by atoms with Gasteiger partial charge in [0.15, 0.2) is 0 Å². The summed E-state index contributed by atoms with van der Waals surface area (Å²) in [6.07, 6.45) is 0. The Balaban J connectivity index is 1.75. The van der Waals surface area contributed by atoms with E-state index in [0.717, 1.165) is 16.3 Å². The summed E-state index contributed by atoms with van der Waals surface area (Å²) in [6.45, 7) is 1.93. The Morgan fingerprint density at radius 2 is 1.53 bits per heavy atom. The zero-order chi connectivity index (χ0) is 24.0. The lowest BCUT2D eigenvalue weighted by molar-refractivity contribution is -0.132. The number of fused-ring (bicyclic) bond motifs is 1. The number of halogens is 2. The topological polar surface area (TPSA) is 57.6 Å². The molecule has 168 valence electrons. The first kappa shape index (κ1) is 22.2. The van der Waals surface area contributed by atoms with E-state index in [9.17, 15) is 14.7 Å². The smallest absolute Gasteiger partial charge is 0.300 e. The molecule has 4 aromatic rings. The van der Waals surface area contributed by atoms with Crippen LogP contribution in [0.25, 0.3) is 16.5 Å². The van der Waals surface area contributed by atoms with Crippen LogP contribution < -0.4 is 4.90 Å². The Morgan fingerprint density at radius 1 is 0.824 bits per heavy atom. The molecule has 1 N–H and O–H groups in total. The summed E-state index contributed by atoms with van der Waals surface area (Å²) >= 11 is 12.4. The number of anilines is 1. The quantitative estimate of drug-likeness (QED) is 0.190. The van der Waals surface area contributed by atoms with Crippen LogP contribution in [0, 0.1) is 6.92 Å². The highest BCUT2D eigenvalue weighted by Crippen LogP contribution is 2.43. The second-order valence-corrected chi connectivity index (χ2v) is 9.15. The number of Topliss-reactive ketones (excluding diaryl/α,β-unsaturated/α-hetero) is 1. The maximum atomic E-state index is 13.3. The van der Waals surface area contributed by atoms with Gasteiger partial charge in [0.1, 0.15) is 5.76 Å². The van der Waals surface area contributed by atoms with Crippen molar-refractivity contribution >= 4 is 57.1 Å². The number of hydrogen-bond acceptors (Lipinski definition) is 3. The summed E-state index contributed by atoms with van der Waals surface area (Å²) in [5.74, 6) is -1.76. The average Bonchev–Trinajstić information content (AvgIpc) is 3.08. The molecule has 1 saturated heterocycles. The minimum absolute atomic E-state index is 0.0157. The first-order valence-electron chi connectivity index (χ1n) is 10.7. The van der Waals surface area contributed by atoms with E-state index >= 15 is 0 Å². The Hall–Kier alpha value is -3.60. The third kappa shape index (κ3) is 3.85. The fraction of sp³-hybridized carbons (Fsp3) is 0.0714. The third-order valence-corrected chi connectivity index (χ3v) is 6.39. The molecule has 1 aliphatic rings. The van der Waals surface area contributed by atoms with Crippen molar-refractivity contribution in [3.05, 3.63) is 117 Å². The molecular weight excluding hydrogens is 469 g/mol. The maximum absolute atomic E-state index is 13.3. The number of aliphatic hydroxyl groups is 1. The van der Waals surface area contributed by atoms with Gasteiger partial charge in [-0.25, -0.2) is 0 Å². The van der Waals surface area contributed by atoms with Crippen LogP contribution >= 0.6 is 23.2 Å². The van der Waals surface area contributed by atoms with Gasteiger partial charge in [-0.1, -0.05) is 89.4 Å². The second kappa shape index (κ2) is 8.64. The highest BCUT2D eigenvalue weighted by Gasteiger charge is 2.47. The van der Waals surface area contributed by atoms with Gasteiger partial charge in [-0.2, -0.15) is 0 Å². The molecule has 0 bridgehead atoms. The lowest BCUT2D eigenvalue weighted by Gasteiger charge is -2.26. The number of aliphatic hydroxyl groups excluding tert-OH is 1. The van der Waals surface area contributed by atoms with Crippen molar-refractivity contribution in [3.63, 3.8) is 0 Å². The van der Waals surface area contributed by atoms with Crippen LogP contribution in [0.1, 0.15) is 22.7 Å². The van der Waals surface area contributed by atoms with E-state index in [0.29, 0.717) is 26.9 Å². The molecule has 1 atom stereocenters. The Morgan fingerprint density at radius 3 is 2.24 bits per heavy atom. The number of amides is 1. The molecule has 5 rings (SSSR count). The van der Waals surface area contributed by atoms with Crippen LogP contribution in [-0.4, -0.2) is 16.8 Å². The average molecular weight is 488 g/mol. The molecule has 0 aliphatic carbocycles. The van der Waals surface area contributed by atoms with Crippen molar-refractivity contribution in [1.29, 1.82) is 0 Å². The van der Waals surface area contributed by atoms with Crippen LogP contribution in [0.4, 0.5) is 5.69 Å². The molecule has 1 aliphatic heterocycles. The van der Waals surface area contributed by atoms with E-state index in [-0.39, 0.29) is 11.3 Å². The van der Waals surface area contributed by atoms with Gasteiger partial charge in [-0.3, -0.25) is 14.5 Å². The third-order valence-electron chi connectivity index (χ3n) is 5.95. The first-order chi connectivity index (χ1) is 16.3. The highest BCUT2D eigenvalue weighted by molar-refractivity contribution is 6.52. The van der Waals surface area contributed by atoms with Crippen LogP contribution in [0.2, 0.25) is 10.0 Å². The number of benzene rings is 4. The van der Waals surface area contributed by atoms with Crippen molar-refractivity contribution in [2.24, 2.45) is 0 Å². The lowest BCUT2D eigenvalue weighted by Crippen LogP contribution is -2.29. The molecule has 0 spiro atoms. The number of carbonyl (C=O) groups excluding carboxylic acids is 2. The molecule has 0 radical (unpaired) electrons. The Labute approximate surface area is 206 Å². The monoisotopic (exact) mass is 487 g/mol. The van der Waals surface area contributed by atoms with Crippen molar-refractivity contribution in [1.82, 2.24) is 0 Å². The van der Waals surface area contributed by atoms with Gasteiger partial charge in [-0.05, 0) is 47.5 Å². The predicted molar refractivity (Wildman–Crippen MR) is 136 cm³/mol. The second-order valence-electron chi connectivity index (χ2n) is 8.27. The molecule has 6 heteroatoms. The number of aryl methyl sites for hydroxylation is 1. The van der Waals surface area contributed by atoms with Crippen molar-refractivity contribution in [3.8, 4) is 0 Å². The van der Waals surface area contributed by atoms with E-state index in [2.05, 4.69) is 0 Å². The van der Waals surface area contributed by atoms with E-state index in [1.54, 1.807) is 24.3 Å². The fourth-order valence-corrected chi connectivity index (χ4v) is 4.94. The van der Waals surface area contributed by atoms with Crippen molar-refractivity contribution < 1.29 is 14.7 Å². The van der Waals surface area contributed by atoms with Gasteiger partial charge in [0.05, 0.1) is 11.6 Å². The van der Waals surface area contributed by atoms with Crippen LogP contribution in [-0.2, 0) is 9.59 Å². The number of hydrogen-bond donors (Lipinski definition) is 1. The summed E-state index contributed by atoms with van der Waals surface area (Å²) in [5, 5.41) is 14.0. The first-order valence-corrected chi connectivity index (χ1v) is 11.4. The molecule has 1 amide bonds. The highest BCUT2D eigenvalue weighted by atomic mass is 35.5. The van der Waals surface area contributed by atoms with Gasteiger partial charge in [-0.15, -0.1) is 0 Å². The summed E-state index contributed by atoms with van der Waals surface area (Å²) in [7, 11) is 0. The molecule has 34 heavy (non-hydrogen) atoms. The molecule has 0 saturated carbocycles. The number of rotatable bonds is 3. The summed E-state index contributed by atoms with van der Waals surface area (Å²) in [6, 6.07) is 24.5. The van der Waals surface area contributed by atoms with E-state index in [1.165, 1.54) is 4.90 Å². The van der Waals surface area contributed by atoms with Gasteiger partial charge < -0.3 is 5.11 Å². The molecular formula is C28H19Cl2NO3. The standard InChI is InChI=1S/C28H19Cl2NO3/c1-16-5-4-8-19(11-16)25-24(26(32)20-10-9-17-6-2-3-7-18(17)12-20)27(33)28(34)31(25)23-14-21(29)13-22(30)15-23/h2-15,25,32H,1H3/b26-24-. The minimum Gasteiger partial charge on any atom is -0.507 e. The van der Waals surface area contributed by atoms with Gasteiger partial charge in [0.25, 0.3) is 11.7 Å². The zero-order valence-electron chi connectivity index (χ0n) is 18.1. The van der Waals surface area contributed by atoms with E-state index in [1.807, 2.05) is 67.6 Å². The molecule has 1 fully saturated rings. The minimum atomic E-state index is -0.846. The van der Waals surface area contributed by atoms with Gasteiger partial charge in [0.2, 0.25) is 0 Å². The van der Waals surface area contributed by atoms with Crippen molar-refractivity contribution in [2.75, 3.05) is 4.90 Å². The van der Waals surface area contributed by atoms with Crippen LogP contribution in [0.15, 0.2) is 90.5 Å². The number of carbonyl (C=O) groups is 2. The van der Waals surface area contributed by atoms with Crippen LogP contribution in [0.5, 0.6) is 0 Å². The summed E-state index contributed by atoms with van der Waals surface area (Å²) < 4.78 is 0. The summed E-state index contributed by atoms with van der Waals surface area (Å²) in [5.41, 5.74) is 2.50. The zero-order valence-corrected chi connectivity index (χ0v) is 19.6. The lowest BCUT2D eigenvalue weighted by atomic mass is 9.93.